The maximum Gasteiger partial charge on any atom is 0.338 e. The van der Waals surface area contributed by atoms with Gasteiger partial charge in [-0.05, 0) is 68.1 Å². The van der Waals surface area contributed by atoms with Gasteiger partial charge in [0, 0.05) is 11.4 Å². The molecule has 2 aliphatic carbocycles. The Morgan fingerprint density at radius 3 is 2.52 bits per heavy atom. The average Bonchev–Trinajstić information content (AvgIpc) is 3.50. The van der Waals surface area contributed by atoms with Crippen molar-refractivity contribution in [2.75, 3.05) is 6.61 Å². The monoisotopic (exact) mass is 388 g/mol. The summed E-state index contributed by atoms with van der Waals surface area (Å²) in [4.78, 5) is 12.8. The van der Waals surface area contributed by atoms with Gasteiger partial charge in [-0.2, -0.15) is 12.6 Å². The van der Waals surface area contributed by atoms with Crippen molar-refractivity contribution >= 4 is 18.6 Å². The van der Waals surface area contributed by atoms with Crippen LogP contribution < -0.4 is 0 Å². The molecule has 0 aromatic heterocycles. The Labute approximate surface area is 168 Å². The molecule has 4 heteroatoms. The predicted molar refractivity (Wildman–Crippen MR) is 111 cm³/mol. The largest absolute Gasteiger partial charge is 0.456 e. The highest BCUT2D eigenvalue weighted by atomic mass is 32.1. The van der Waals surface area contributed by atoms with E-state index in [1.807, 2.05) is 12.1 Å². The van der Waals surface area contributed by atoms with Gasteiger partial charge >= 0.3 is 5.97 Å². The summed E-state index contributed by atoms with van der Waals surface area (Å²) in [5.41, 5.74) is 2.00. The first-order chi connectivity index (χ1) is 13.1. The minimum absolute atomic E-state index is 0.0937. The van der Waals surface area contributed by atoms with E-state index >= 15 is 0 Å². The molecule has 0 bridgehead atoms. The molecule has 1 aromatic carbocycles. The molecule has 27 heavy (non-hydrogen) atoms. The second-order valence-electron chi connectivity index (χ2n) is 8.62. The Bertz CT molecular complexity index is 648. The number of hydrogen-bond acceptors (Lipinski definition) is 4. The maximum atomic E-state index is 12.8. The summed E-state index contributed by atoms with van der Waals surface area (Å²) in [6.45, 7) is 2.78. The summed E-state index contributed by atoms with van der Waals surface area (Å²) < 4.78 is 11.8. The number of thiol groups is 1. The lowest BCUT2D eigenvalue weighted by Crippen LogP contribution is -2.45. The fourth-order valence-corrected chi connectivity index (χ4v) is 5.57. The molecule has 3 fully saturated rings. The molecule has 1 aliphatic heterocycles. The summed E-state index contributed by atoms with van der Waals surface area (Å²) in [6, 6.07) is 8.10. The first kappa shape index (κ1) is 19.3. The van der Waals surface area contributed by atoms with E-state index < -0.39 is 0 Å². The molecule has 1 heterocycles. The third-order valence-electron chi connectivity index (χ3n) is 6.80. The van der Waals surface area contributed by atoms with Crippen molar-refractivity contribution in [1.82, 2.24) is 0 Å². The molecular formula is C23H32O3S. The molecule has 1 saturated heterocycles. The number of carbonyl (C=O) groups excluding carboxylic acids is 1. The quantitative estimate of drug-likeness (QED) is 0.513. The zero-order chi connectivity index (χ0) is 18.9. The highest BCUT2D eigenvalue weighted by molar-refractivity contribution is 7.82. The normalized spacial score (nSPS) is 30.2. The van der Waals surface area contributed by atoms with E-state index in [-0.39, 0.29) is 22.9 Å². The van der Waals surface area contributed by atoms with Gasteiger partial charge in [-0.15, -0.1) is 0 Å². The van der Waals surface area contributed by atoms with Gasteiger partial charge in [-0.25, -0.2) is 4.79 Å². The smallest absolute Gasteiger partial charge is 0.338 e. The van der Waals surface area contributed by atoms with Crippen LogP contribution in [-0.2, 0) is 9.47 Å². The number of hydrogen-bond donors (Lipinski definition) is 1. The summed E-state index contributed by atoms with van der Waals surface area (Å²) in [7, 11) is 0. The minimum atomic E-state index is -0.237. The lowest BCUT2D eigenvalue weighted by atomic mass is 9.84. The Kier molecular flexibility index (Phi) is 5.84. The molecule has 0 N–H and O–H groups in total. The van der Waals surface area contributed by atoms with Gasteiger partial charge in [0.1, 0.15) is 12.2 Å². The fourth-order valence-electron chi connectivity index (χ4n) is 4.98. The van der Waals surface area contributed by atoms with Crippen LogP contribution in [-0.4, -0.2) is 29.5 Å². The van der Waals surface area contributed by atoms with Crippen molar-refractivity contribution in [2.45, 2.75) is 87.6 Å². The fraction of sp³-hybridized carbons (Fsp3) is 0.696. The number of benzene rings is 1. The zero-order valence-electron chi connectivity index (χ0n) is 16.4. The Hall–Kier alpha value is -1.00. The van der Waals surface area contributed by atoms with Crippen molar-refractivity contribution in [3.63, 3.8) is 0 Å². The number of ether oxygens (including phenoxy) is 2. The molecule has 1 unspecified atom stereocenters. The maximum absolute atomic E-state index is 12.8. The van der Waals surface area contributed by atoms with Crippen LogP contribution in [0.2, 0.25) is 0 Å². The number of rotatable bonds is 6. The van der Waals surface area contributed by atoms with Gasteiger partial charge in [0.2, 0.25) is 0 Å². The van der Waals surface area contributed by atoms with Crippen LogP contribution in [0.15, 0.2) is 24.3 Å². The van der Waals surface area contributed by atoms with Crippen LogP contribution in [0.25, 0.3) is 0 Å². The van der Waals surface area contributed by atoms with Crippen LogP contribution in [0.4, 0.5) is 0 Å². The molecule has 0 amide bonds. The van der Waals surface area contributed by atoms with Crippen molar-refractivity contribution in [2.24, 2.45) is 5.92 Å². The van der Waals surface area contributed by atoms with Gasteiger partial charge < -0.3 is 9.47 Å². The standard InChI is InChI=1S/C23H32O3S/c1-2-20(21-23(27,14-15-25-21)19-12-13-19)26-22(24)18-10-8-17(9-11-18)16-6-4-3-5-7-16/h8-11,16,19-21,27H,2-7,12-15H2,1H3/t20?,21-,23-/m1/s1. The SMILES string of the molecule is CCC(OC(=O)c1ccc(C2CCCCC2)cc1)[C@H]1OCC[C@@]1(S)C1CC1. The van der Waals surface area contributed by atoms with E-state index in [0.29, 0.717) is 17.4 Å². The zero-order valence-corrected chi connectivity index (χ0v) is 17.3. The molecule has 148 valence electrons. The third-order valence-corrected chi connectivity index (χ3v) is 7.64. The molecule has 3 aliphatic rings. The van der Waals surface area contributed by atoms with E-state index in [1.165, 1.54) is 50.5 Å². The van der Waals surface area contributed by atoms with Gasteiger partial charge in [0.05, 0.1) is 5.56 Å². The molecule has 0 radical (unpaired) electrons. The van der Waals surface area contributed by atoms with Crippen LogP contribution in [0, 0.1) is 5.92 Å². The minimum Gasteiger partial charge on any atom is -0.456 e. The highest BCUT2D eigenvalue weighted by Gasteiger charge is 2.54. The van der Waals surface area contributed by atoms with Gasteiger partial charge in [0.25, 0.3) is 0 Å². The topological polar surface area (TPSA) is 35.5 Å². The second kappa shape index (κ2) is 8.16. The molecule has 2 saturated carbocycles. The van der Waals surface area contributed by atoms with Crippen LogP contribution in [0.1, 0.15) is 86.6 Å². The lowest BCUT2D eigenvalue weighted by Gasteiger charge is -2.34. The Balaban J connectivity index is 1.41. The van der Waals surface area contributed by atoms with E-state index in [1.54, 1.807) is 0 Å². The van der Waals surface area contributed by atoms with Crippen LogP contribution in [0.5, 0.6) is 0 Å². The summed E-state index contributed by atoms with van der Waals surface area (Å²) in [6.07, 6.45) is 10.4. The van der Waals surface area contributed by atoms with E-state index in [9.17, 15) is 4.79 Å². The summed E-state index contributed by atoms with van der Waals surface area (Å²) in [5.74, 6) is 1.03. The number of carbonyl (C=O) groups is 1. The third kappa shape index (κ3) is 4.07. The van der Waals surface area contributed by atoms with Gasteiger partial charge in [-0.3, -0.25) is 0 Å². The molecule has 0 spiro atoms. The molecule has 4 rings (SSSR count). The van der Waals surface area contributed by atoms with Crippen LogP contribution in [0.3, 0.4) is 0 Å². The lowest BCUT2D eigenvalue weighted by molar-refractivity contribution is -0.0389. The number of esters is 1. The molecule has 1 aromatic rings. The second-order valence-corrected chi connectivity index (χ2v) is 9.45. The molecule has 3 atom stereocenters. The summed E-state index contributed by atoms with van der Waals surface area (Å²) >= 11 is 4.99. The van der Waals surface area contributed by atoms with Gasteiger partial charge in [-0.1, -0.05) is 38.3 Å². The van der Waals surface area contributed by atoms with Crippen molar-refractivity contribution in [1.29, 1.82) is 0 Å². The Morgan fingerprint density at radius 1 is 1.19 bits per heavy atom. The van der Waals surface area contributed by atoms with Crippen LogP contribution >= 0.6 is 12.6 Å². The van der Waals surface area contributed by atoms with E-state index in [2.05, 4.69) is 19.1 Å². The molecular weight excluding hydrogens is 356 g/mol. The van der Waals surface area contributed by atoms with E-state index in [0.717, 1.165) is 19.4 Å². The van der Waals surface area contributed by atoms with Gasteiger partial charge in [0.15, 0.2) is 0 Å². The highest BCUT2D eigenvalue weighted by Crippen LogP contribution is 2.52. The van der Waals surface area contributed by atoms with Crippen molar-refractivity contribution in [3.8, 4) is 0 Å². The Morgan fingerprint density at radius 2 is 1.89 bits per heavy atom. The predicted octanol–water partition coefficient (Wildman–Crippen LogP) is 5.54. The molecule has 3 nitrogen and oxygen atoms in total. The van der Waals surface area contributed by atoms with Crippen molar-refractivity contribution < 1.29 is 14.3 Å². The van der Waals surface area contributed by atoms with Crippen molar-refractivity contribution in [3.05, 3.63) is 35.4 Å². The first-order valence-electron chi connectivity index (χ1n) is 10.8. The summed E-state index contributed by atoms with van der Waals surface area (Å²) in [5, 5.41) is 0. The average molecular weight is 389 g/mol. The first-order valence-corrected chi connectivity index (χ1v) is 11.2. The van der Waals surface area contributed by atoms with E-state index in [4.69, 9.17) is 22.1 Å².